The molecule has 0 bridgehead atoms. The molecule has 0 spiro atoms. The summed E-state index contributed by atoms with van der Waals surface area (Å²) in [7, 11) is -0.463. The predicted octanol–water partition coefficient (Wildman–Crippen LogP) is 4.18. The second kappa shape index (κ2) is 8.01. The standard InChI is InChI=1S/C26H25NO5S/c1-27(2)33(29,30)22-5-3-4-20(15-22)19-8-6-18(7-9-19)14-25(28)26(12-13-26)21-10-11-23-24(16-21)32-17-31-23/h3-11,15-16H,12-14,17H2,1-2H3. The average Bonchev–Trinajstić information content (AvgIpc) is 3.50. The van der Waals surface area contributed by atoms with Crippen LogP contribution in [0.2, 0.25) is 0 Å². The van der Waals surface area contributed by atoms with Crippen LogP contribution in [0, 0.1) is 0 Å². The van der Waals surface area contributed by atoms with E-state index in [2.05, 4.69) is 0 Å². The molecule has 5 rings (SSSR count). The van der Waals surface area contributed by atoms with E-state index in [4.69, 9.17) is 9.47 Å². The first kappa shape index (κ1) is 21.7. The van der Waals surface area contributed by atoms with Crippen LogP contribution < -0.4 is 9.47 Å². The van der Waals surface area contributed by atoms with E-state index in [1.807, 2.05) is 48.5 Å². The lowest BCUT2D eigenvalue weighted by Gasteiger charge is -2.15. The molecule has 1 saturated carbocycles. The molecule has 0 radical (unpaired) electrons. The van der Waals surface area contributed by atoms with Gasteiger partial charge in [0.25, 0.3) is 0 Å². The van der Waals surface area contributed by atoms with Crippen LogP contribution in [0.1, 0.15) is 24.0 Å². The molecule has 0 atom stereocenters. The van der Waals surface area contributed by atoms with Crippen molar-refractivity contribution in [2.75, 3.05) is 20.9 Å². The van der Waals surface area contributed by atoms with Crippen molar-refractivity contribution in [1.29, 1.82) is 0 Å². The van der Waals surface area contributed by atoms with Gasteiger partial charge in [-0.1, -0.05) is 42.5 Å². The number of fused-ring (bicyclic) bond motifs is 1. The fourth-order valence-corrected chi connectivity index (χ4v) is 5.21. The van der Waals surface area contributed by atoms with E-state index in [9.17, 15) is 13.2 Å². The van der Waals surface area contributed by atoms with Crippen LogP contribution in [0.5, 0.6) is 11.5 Å². The minimum atomic E-state index is -3.50. The Hall–Kier alpha value is -3.16. The minimum absolute atomic E-state index is 0.202. The van der Waals surface area contributed by atoms with Crippen LogP contribution >= 0.6 is 0 Å². The van der Waals surface area contributed by atoms with Gasteiger partial charge in [0.2, 0.25) is 16.8 Å². The van der Waals surface area contributed by atoms with Crippen molar-refractivity contribution in [3.05, 3.63) is 77.9 Å². The van der Waals surface area contributed by atoms with Crippen LogP contribution in [-0.2, 0) is 26.7 Å². The van der Waals surface area contributed by atoms with Crippen LogP contribution in [0.25, 0.3) is 11.1 Å². The van der Waals surface area contributed by atoms with Gasteiger partial charge in [0.05, 0.1) is 10.3 Å². The van der Waals surface area contributed by atoms with E-state index < -0.39 is 15.4 Å². The van der Waals surface area contributed by atoms with E-state index in [1.165, 1.54) is 18.4 Å². The third kappa shape index (κ3) is 3.92. The van der Waals surface area contributed by atoms with Gasteiger partial charge in [-0.05, 0) is 59.4 Å². The van der Waals surface area contributed by atoms with Gasteiger partial charge in [0.1, 0.15) is 5.78 Å². The van der Waals surface area contributed by atoms with Gasteiger partial charge in [-0.3, -0.25) is 4.79 Å². The zero-order valence-corrected chi connectivity index (χ0v) is 19.4. The third-order valence-electron chi connectivity index (χ3n) is 6.47. The second-order valence-corrected chi connectivity index (χ2v) is 10.9. The number of hydrogen-bond donors (Lipinski definition) is 0. The fourth-order valence-electron chi connectivity index (χ4n) is 4.26. The molecule has 7 heteroatoms. The molecule has 1 aliphatic carbocycles. The summed E-state index contributed by atoms with van der Waals surface area (Å²) in [5.41, 5.74) is 3.21. The zero-order chi connectivity index (χ0) is 23.2. The topological polar surface area (TPSA) is 72.9 Å². The summed E-state index contributed by atoms with van der Waals surface area (Å²) >= 11 is 0. The van der Waals surface area contributed by atoms with Crippen molar-refractivity contribution in [1.82, 2.24) is 4.31 Å². The molecule has 0 N–H and O–H groups in total. The summed E-state index contributed by atoms with van der Waals surface area (Å²) in [6.07, 6.45) is 2.04. The molecule has 1 fully saturated rings. The number of carbonyl (C=O) groups is 1. The number of Topliss-reactive ketones (excluding diaryl/α,β-unsaturated/α-hetero) is 1. The van der Waals surface area contributed by atoms with Crippen LogP contribution in [0.3, 0.4) is 0 Å². The van der Waals surface area contributed by atoms with Gasteiger partial charge in [0, 0.05) is 20.5 Å². The molecule has 33 heavy (non-hydrogen) atoms. The maximum Gasteiger partial charge on any atom is 0.242 e. The Morgan fingerprint density at radius 3 is 2.33 bits per heavy atom. The fraction of sp³-hybridized carbons (Fsp3) is 0.269. The number of rotatable bonds is 7. The van der Waals surface area contributed by atoms with Crippen molar-refractivity contribution in [2.24, 2.45) is 0 Å². The molecule has 0 unspecified atom stereocenters. The number of ether oxygens (including phenoxy) is 2. The Kier molecular flexibility index (Phi) is 5.26. The number of ketones is 1. The van der Waals surface area contributed by atoms with Crippen LogP contribution in [0.15, 0.2) is 71.6 Å². The molecule has 0 saturated heterocycles. The van der Waals surface area contributed by atoms with E-state index in [-0.39, 0.29) is 17.5 Å². The van der Waals surface area contributed by atoms with E-state index in [1.54, 1.807) is 18.2 Å². The molecule has 1 aliphatic heterocycles. The summed E-state index contributed by atoms with van der Waals surface area (Å²) in [6, 6.07) is 20.4. The number of hydrogen-bond acceptors (Lipinski definition) is 5. The molecule has 170 valence electrons. The molecule has 0 amide bonds. The van der Waals surface area contributed by atoms with E-state index in [0.29, 0.717) is 12.2 Å². The average molecular weight is 464 g/mol. The Balaban J connectivity index is 1.33. The predicted molar refractivity (Wildman–Crippen MR) is 125 cm³/mol. The first-order chi connectivity index (χ1) is 15.8. The normalized spacial score (nSPS) is 16.1. The van der Waals surface area contributed by atoms with Crippen molar-refractivity contribution >= 4 is 15.8 Å². The molecule has 1 heterocycles. The second-order valence-electron chi connectivity index (χ2n) is 8.76. The quantitative estimate of drug-likeness (QED) is 0.526. The van der Waals surface area contributed by atoms with Crippen molar-refractivity contribution in [2.45, 2.75) is 29.6 Å². The Morgan fingerprint density at radius 2 is 1.64 bits per heavy atom. The minimum Gasteiger partial charge on any atom is -0.454 e. The molecular formula is C26H25NO5S. The van der Waals surface area contributed by atoms with Gasteiger partial charge in [-0.2, -0.15) is 0 Å². The Labute approximate surface area is 193 Å². The first-order valence-electron chi connectivity index (χ1n) is 10.8. The summed E-state index contributed by atoms with van der Waals surface area (Å²) in [5, 5.41) is 0. The summed E-state index contributed by atoms with van der Waals surface area (Å²) in [6.45, 7) is 0.218. The number of sulfonamides is 1. The highest BCUT2D eigenvalue weighted by Crippen LogP contribution is 2.51. The molecule has 3 aromatic rings. The molecule has 3 aromatic carbocycles. The van der Waals surface area contributed by atoms with Gasteiger partial charge in [-0.15, -0.1) is 0 Å². The summed E-state index contributed by atoms with van der Waals surface area (Å²) in [4.78, 5) is 13.5. The SMILES string of the molecule is CN(C)S(=O)(=O)c1cccc(-c2ccc(CC(=O)C3(c4ccc5c(c4)OCO5)CC3)cc2)c1. The Bertz CT molecular complexity index is 1330. The highest BCUT2D eigenvalue weighted by Gasteiger charge is 2.50. The van der Waals surface area contributed by atoms with Crippen LogP contribution in [0.4, 0.5) is 0 Å². The summed E-state index contributed by atoms with van der Waals surface area (Å²) < 4.78 is 37.0. The number of carbonyl (C=O) groups excluding carboxylic acids is 1. The zero-order valence-electron chi connectivity index (χ0n) is 18.6. The van der Waals surface area contributed by atoms with Crippen molar-refractivity contribution in [3.8, 4) is 22.6 Å². The Morgan fingerprint density at radius 1 is 0.909 bits per heavy atom. The molecule has 2 aliphatic rings. The highest BCUT2D eigenvalue weighted by molar-refractivity contribution is 7.89. The van der Waals surface area contributed by atoms with Crippen molar-refractivity contribution < 1.29 is 22.7 Å². The largest absolute Gasteiger partial charge is 0.454 e. The van der Waals surface area contributed by atoms with E-state index >= 15 is 0 Å². The molecular weight excluding hydrogens is 438 g/mol. The van der Waals surface area contributed by atoms with Gasteiger partial charge in [-0.25, -0.2) is 12.7 Å². The van der Waals surface area contributed by atoms with Gasteiger partial charge < -0.3 is 9.47 Å². The lowest BCUT2D eigenvalue weighted by molar-refractivity contribution is -0.120. The molecule has 6 nitrogen and oxygen atoms in total. The third-order valence-corrected chi connectivity index (χ3v) is 8.28. The van der Waals surface area contributed by atoms with Gasteiger partial charge in [0.15, 0.2) is 11.5 Å². The smallest absolute Gasteiger partial charge is 0.242 e. The molecule has 0 aromatic heterocycles. The number of benzene rings is 3. The van der Waals surface area contributed by atoms with Crippen molar-refractivity contribution in [3.63, 3.8) is 0 Å². The summed E-state index contributed by atoms with van der Waals surface area (Å²) in [5.74, 6) is 1.63. The lowest BCUT2D eigenvalue weighted by Crippen LogP contribution is -2.22. The monoisotopic (exact) mass is 463 g/mol. The maximum absolute atomic E-state index is 13.2. The first-order valence-corrected chi connectivity index (χ1v) is 12.3. The lowest BCUT2D eigenvalue weighted by atomic mass is 9.87. The highest BCUT2D eigenvalue weighted by atomic mass is 32.2. The van der Waals surface area contributed by atoms with Crippen LogP contribution in [-0.4, -0.2) is 39.4 Å². The van der Waals surface area contributed by atoms with Gasteiger partial charge >= 0.3 is 0 Å². The maximum atomic E-state index is 13.2. The number of nitrogens with zero attached hydrogens (tertiary/aromatic N) is 1. The van der Waals surface area contributed by atoms with E-state index in [0.717, 1.165) is 40.8 Å².